The number of carbonyl (C=O) groups is 1. The molecule has 26 heavy (non-hydrogen) atoms. The summed E-state index contributed by atoms with van der Waals surface area (Å²) in [5, 5.41) is 2.84. The lowest BCUT2D eigenvalue weighted by molar-refractivity contribution is 0.0992. The van der Waals surface area contributed by atoms with Gasteiger partial charge < -0.3 is 14.5 Å². The molecule has 0 radical (unpaired) electrons. The molecule has 0 fully saturated rings. The Balaban J connectivity index is 1.56. The van der Waals surface area contributed by atoms with E-state index >= 15 is 0 Å². The number of hydrogen-bond donors (Lipinski definition) is 1. The first-order chi connectivity index (χ1) is 12.7. The maximum absolute atomic E-state index is 12.3. The van der Waals surface area contributed by atoms with Crippen molar-refractivity contribution >= 4 is 11.6 Å². The topological polar surface area (TPSA) is 51.5 Å². The average Bonchev–Trinajstić information content (AvgIpc) is 3.16. The summed E-state index contributed by atoms with van der Waals surface area (Å²) in [5.74, 6) is 1.38. The molecule has 0 bridgehead atoms. The van der Waals surface area contributed by atoms with Crippen LogP contribution in [0.1, 0.15) is 41.3 Å². The maximum Gasteiger partial charge on any atom is 0.291 e. The number of carbonyl (C=O) groups excluding carboxylic acids is 1. The lowest BCUT2D eigenvalue weighted by atomic mass is 10.1. The summed E-state index contributed by atoms with van der Waals surface area (Å²) < 4.78 is 11.3. The Morgan fingerprint density at radius 3 is 2.12 bits per heavy atom. The predicted octanol–water partition coefficient (Wildman–Crippen LogP) is 5.24. The number of benzene rings is 2. The molecule has 0 saturated heterocycles. The molecule has 134 valence electrons. The zero-order valence-corrected chi connectivity index (χ0v) is 15.1. The van der Waals surface area contributed by atoms with Gasteiger partial charge in [0, 0.05) is 5.69 Å². The third-order valence-corrected chi connectivity index (χ3v) is 4.22. The lowest BCUT2D eigenvalue weighted by Gasteiger charge is -2.05. The lowest BCUT2D eigenvalue weighted by Crippen LogP contribution is -2.10. The Morgan fingerprint density at radius 1 is 0.885 bits per heavy atom. The quantitative estimate of drug-likeness (QED) is 0.635. The highest BCUT2D eigenvalue weighted by Crippen LogP contribution is 2.17. The van der Waals surface area contributed by atoms with Crippen LogP contribution in [-0.4, -0.2) is 5.91 Å². The van der Waals surface area contributed by atoms with Gasteiger partial charge >= 0.3 is 0 Å². The summed E-state index contributed by atoms with van der Waals surface area (Å²) in [4.78, 5) is 12.3. The standard InChI is InChI=1S/C22H23NO3/c1-3-16-5-9-18(10-6-16)23-22(24)21-14-13-20(26-21)15-25-19-11-7-17(4-2)8-12-19/h5-14H,3-4,15H2,1-2H3,(H,23,24). The molecule has 0 unspecified atom stereocenters. The van der Waals surface area contributed by atoms with Gasteiger partial charge in [-0.1, -0.05) is 38.1 Å². The summed E-state index contributed by atoms with van der Waals surface area (Å²) in [5.41, 5.74) is 3.24. The van der Waals surface area contributed by atoms with Crippen LogP contribution in [0.15, 0.2) is 65.1 Å². The van der Waals surface area contributed by atoms with E-state index in [1.165, 1.54) is 11.1 Å². The molecule has 1 N–H and O–H groups in total. The monoisotopic (exact) mass is 349 g/mol. The van der Waals surface area contributed by atoms with Gasteiger partial charge in [-0.05, 0) is 60.4 Å². The second-order valence-electron chi connectivity index (χ2n) is 6.06. The van der Waals surface area contributed by atoms with Gasteiger partial charge in [-0.2, -0.15) is 0 Å². The number of rotatable bonds is 7. The Hall–Kier alpha value is -3.01. The van der Waals surface area contributed by atoms with Crippen LogP contribution in [0.3, 0.4) is 0 Å². The smallest absolute Gasteiger partial charge is 0.291 e. The van der Waals surface area contributed by atoms with Gasteiger partial charge in [-0.15, -0.1) is 0 Å². The highest BCUT2D eigenvalue weighted by molar-refractivity contribution is 6.02. The molecule has 2 aromatic carbocycles. The van der Waals surface area contributed by atoms with Crippen LogP contribution in [0.2, 0.25) is 0 Å². The Morgan fingerprint density at radius 2 is 1.50 bits per heavy atom. The largest absolute Gasteiger partial charge is 0.486 e. The molecular formula is C22H23NO3. The summed E-state index contributed by atoms with van der Waals surface area (Å²) in [6.45, 7) is 4.49. The number of furan rings is 1. The average molecular weight is 349 g/mol. The minimum atomic E-state index is -0.271. The number of ether oxygens (including phenoxy) is 1. The third-order valence-electron chi connectivity index (χ3n) is 4.22. The number of aryl methyl sites for hydroxylation is 2. The van der Waals surface area contributed by atoms with E-state index in [1.807, 2.05) is 48.5 Å². The van der Waals surface area contributed by atoms with E-state index in [-0.39, 0.29) is 18.3 Å². The van der Waals surface area contributed by atoms with Crippen molar-refractivity contribution < 1.29 is 13.9 Å². The van der Waals surface area contributed by atoms with Gasteiger partial charge in [0.25, 0.3) is 5.91 Å². The predicted molar refractivity (Wildman–Crippen MR) is 103 cm³/mol. The van der Waals surface area contributed by atoms with Crippen LogP contribution < -0.4 is 10.1 Å². The Labute approximate surface area is 153 Å². The molecule has 4 nitrogen and oxygen atoms in total. The van der Waals surface area contributed by atoms with Crippen molar-refractivity contribution in [1.82, 2.24) is 0 Å². The van der Waals surface area contributed by atoms with Crippen LogP contribution >= 0.6 is 0 Å². The normalized spacial score (nSPS) is 10.5. The first-order valence-corrected chi connectivity index (χ1v) is 8.88. The van der Waals surface area contributed by atoms with E-state index in [0.717, 1.165) is 24.3 Å². The summed E-state index contributed by atoms with van der Waals surface area (Å²) in [6.07, 6.45) is 1.97. The van der Waals surface area contributed by atoms with Crippen molar-refractivity contribution in [3.8, 4) is 5.75 Å². The van der Waals surface area contributed by atoms with Gasteiger partial charge in [-0.3, -0.25) is 4.79 Å². The van der Waals surface area contributed by atoms with Crippen molar-refractivity contribution in [1.29, 1.82) is 0 Å². The number of nitrogens with one attached hydrogen (secondary N) is 1. The molecular weight excluding hydrogens is 326 g/mol. The fourth-order valence-corrected chi connectivity index (χ4v) is 2.57. The number of amides is 1. The SMILES string of the molecule is CCc1ccc(NC(=O)c2ccc(COc3ccc(CC)cc3)o2)cc1. The Kier molecular flexibility index (Phi) is 5.74. The first kappa shape index (κ1) is 17.8. The molecule has 0 aliphatic rings. The molecule has 0 atom stereocenters. The van der Waals surface area contributed by atoms with Crippen molar-refractivity contribution in [3.05, 3.63) is 83.3 Å². The first-order valence-electron chi connectivity index (χ1n) is 8.88. The zero-order valence-electron chi connectivity index (χ0n) is 15.1. The van der Waals surface area contributed by atoms with Gasteiger partial charge in [0.1, 0.15) is 18.1 Å². The van der Waals surface area contributed by atoms with Crippen LogP contribution in [-0.2, 0) is 19.4 Å². The van der Waals surface area contributed by atoms with Crippen molar-refractivity contribution in [2.45, 2.75) is 33.3 Å². The van der Waals surface area contributed by atoms with Crippen LogP contribution in [0.4, 0.5) is 5.69 Å². The summed E-state index contributed by atoms with van der Waals surface area (Å²) in [6, 6.07) is 19.2. The molecule has 3 rings (SSSR count). The van der Waals surface area contributed by atoms with E-state index in [4.69, 9.17) is 9.15 Å². The summed E-state index contributed by atoms with van der Waals surface area (Å²) >= 11 is 0. The number of hydrogen-bond acceptors (Lipinski definition) is 3. The van der Waals surface area contributed by atoms with Crippen molar-refractivity contribution in [3.63, 3.8) is 0 Å². The second-order valence-corrected chi connectivity index (χ2v) is 6.06. The molecule has 0 aliphatic carbocycles. The Bertz CT molecular complexity index is 848. The van der Waals surface area contributed by atoms with Crippen LogP contribution in [0, 0.1) is 0 Å². The molecule has 1 aromatic heterocycles. The fourth-order valence-electron chi connectivity index (χ4n) is 2.57. The minimum Gasteiger partial charge on any atom is -0.486 e. The van der Waals surface area contributed by atoms with E-state index in [0.29, 0.717) is 5.76 Å². The maximum atomic E-state index is 12.3. The van der Waals surface area contributed by atoms with Gasteiger partial charge in [0.15, 0.2) is 5.76 Å². The highest BCUT2D eigenvalue weighted by Gasteiger charge is 2.12. The van der Waals surface area contributed by atoms with Crippen LogP contribution in [0.5, 0.6) is 5.75 Å². The molecule has 1 heterocycles. The minimum absolute atomic E-state index is 0.268. The number of anilines is 1. The third kappa shape index (κ3) is 4.54. The molecule has 3 aromatic rings. The molecule has 0 saturated carbocycles. The van der Waals surface area contributed by atoms with Gasteiger partial charge in [0.05, 0.1) is 0 Å². The van der Waals surface area contributed by atoms with E-state index in [2.05, 4.69) is 19.2 Å². The van der Waals surface area contributed by atoms with E-state index in [9.17, 15) is 4.79 Å². The van der Waals surface area contributed by atoms with E-state index in [1.54, 1.807) is 12.1 Å². The molecule has 4 heteroatoms. The zero-order chi connectivity index (χ0) is 18.4. The fraction of sp³-hybridized carbons (Fsp3) is 0.227. The van der Waals surface area contributed by atoms with E-state index < -0.39 is 0 Å². The molecule has 0 aliphatic heterocycles. The molecule has 0 spiro atoms. The van der Waals surface area contributed by atoms with Crippen molar-refractivity contribution in [2.75, 3.05) is 5.32 Å². The van der Waals surface area contributed by atoms with Crippen LogP contribution in [0.25, 0.3) is 0 Å². The molecule has 1 amide bonds. The van der Waals surface area contributed by atoms with Crippen molar-refractivity contribution in [2.24, 2.45) is 0 Å². The highest BCUT2D eigenvalue weighted by atomic mass is 16.5. The second kappa shape index (κ2) is 8.39. The summed E-state index contributed by atoms with van der Waals surface area (Å²) in [7, 11) is 0. The van der Waals surface area contributed by atoms with Gasteiger partial charge in [0.2, 0.25) is 0 Å². The van der Waals surface area contributed by atoms with Gasteiger partial charge in [-0.25, -0.2) is 0 Å².